The maximum Gasteiger partial charge on any atom is 0.490 e. The summed E-state index contributed by atoms with van der Waals surface area (Å²) in [6.45, 7) is 3.94. The fraction of sp³-hybridized carbons (Fsp3) is 0.333. The van der Waals surface area contributed by atoms with Gasteiger partial charge < -0.3 is 30.7 Å². The Hall–Kier alpha value is -6.57. The summed E-state index contributed by atoms with van der Waals surface area (Å²) in [6, 6.07) is 15.6. The molecule has 2 saturated heterocycles. The molecular weight excluding hydrogens is 827 g/mol. The van der Waals surface area contributed by atoms with Crippen LogP contribution in [0.25, 0.3) is 10.9 Å². The van der Waals surface area contributed by atoms with Crippen LogP contribution >= 0.6 is 0 Å². The second kappa shape index (κ2) is 20.2. The van der Waals surface area contributed by atoms with E-state index in [0.717, 1.165) is 22.2 Å². The number of aromatic nitrogens is 1. The van der Waals surface area contributed by atoms with Crippen molar-refractivity contribution in [3.05, 3.63) is 71.4 Å². The number of halogens is 9. The van der Waals surface area contributed by atoms with E-state index < -0.39 is 65.7 Å². The number of hydrogen-bond donors (Lipinski definition) is 7. The molecule has 5 amide bonds. The van der Waals surface area contributed by atoms with Gasteiger partial charge in [-0.1, -0.05) is 18.2 Å². The Morgan fingerprint density at radius 1 is 0.780 bits per heavy atom. The normalized spacial score (nSPS) is 15.3. The molecule has 1 aromatic heterocycles. The Labute approximate surface area is 324 Å². The van der Waals surface area contributed by atoms with Crippen LogP contribution < -0.4 is 26.0 Å². The Bertz CT molecular complexity index is 1940. The number of nitrogens with zero attached hydrogens (tertiary/aromatic N) is 2. The van der Waals surface area contributed by atoms with Crippen LogP contribution in [0.15, 0.2) is 54.6 Å². The van der Waals surface area contributed by atoms with E-state index in [-0.39, 0.29) is 6.54 Å². The van der Waals surface area contributed by atoms with Crippen molar-refractivity contribution in [2.45, 2.75) is 37.6 Å². The molecule has 2 aromatic carbocycles. The van der Waals surface area contributed by atoms with Crippen molar-refractivity contribution in [2.75, 3.05) is 32.7 Å². The van der Waals surface area contributed by atoms with Gasteiger partial charge in [-0.2, -0.15) is 39.5 Å². The average molecular weight is 859 g/mol. The van der Waals surface area contributed by atoms with Gasteiger partial charge in [0.25, 0.3) is 17.7 Å². The summed E-state index contributed by atoms with van der Waals surface area (Å²) in [5.41, 5.74) is 1.43. The van der Waals surface area contributed by atoms with Crippen molar-refractivity contribution >= 4 is 52.6 Å². The summed E-state index contributed by atoms with van der Waals surface area (Å²) in [5.74, 6) is -9.65. The standard InChI is InChI=1S/C27H28N6O5.3C2HF3O2/c1-17-14-19(21-4-2-3-5-22(21)30-17)15-38-20-8-6-18(7-9-20)23(34)29-16-27(33-12-10-28-11-13-33)24(35)31-26(37)32-25(27)36;3*3-2(4,5)1(6)7/h2-9,14,28H,10-13,15-16H2,1H3,(H,29,34)(H2,31,32,35,36,37);3*(H,6,7). The number of imide groups is 2. The Morgan fingerprint density at radius 2 is 1.24 bits per heavy atom. The topological polar surface area (TPSA) is 254 Å². The highest BCUT2D eigenvalue weighted by Gasteiger charge is 2.55. The van der Waals surface area contributed by atoms with Crippen LogP contribution in [0.5, 0.6) is 5.75 Å². The fourth-order valence-corrected chi connectivity index (χ4v) is 4.84. The Balaban J connectivity index is 0.000000469. The summed E-state index contributed by atoms with van der Waals surface area (Å²) in [5, 5.41) is 32.6. The number of barbiturate groups is 1. The van der Waals surface area contributed by atoms with Gasteiger partial charge in [0.1, 0.15) is 12.4 Å². The van der Waals surface area contributed by atoms with E-state index in [0.29, 0.717) is 44.1 Å². The monoisotopic (exact) mass is 858 g/mol. The van der Waals surface area contributed by atoms with E-state index in [2.05, 4.69) is 26.3 Å². The van der Waals surface area contributed by atoms with E-state index in [4.69, 9.17) is 34.4 Å². The van der Waals surface area contributed by atoms with Gasteiger partial charge in [0.05, 0.1) is 12.1 Å². The minimum Gasteiger partial charge on any atom is -0.489 e. The van der Waals surface area contributed by atoms with Gasteiger partial charge in [0, 0.05) is 48.4 Å². The molecule has 2 fully saturated rings. The van der Waals surface area contributed by atoms with Crippen LogP contribution in [-0.2, 0) is 30.6 Å². The number of fused-ring (bicyclic) bond motifs is 1. The Kier molecular flexibility index (Phi) is 16.6. The third-order valence-electron chi connectivity index (χ3n) is 7.54. The quantitative estimate of drug-likeness (QED) is 0.133. The zero-order valence-corrected chi connectivity index (χ0v) is 29.8. The smallest absolute Gasteiger partial charge is 0.489 e. The number of alkyl halides is 9. The van der Waals surface area contributed by atoms with Gasteiger partial charge in [0.2, 0.25) is 0 Å². The molecule has 0 aliphatic carbocycles. The lowest BCUT2D eigenvalue weighted by molar-refractivity contribution is -0.193. The highest BCUT2D eigenvalue weighted by molar-refractivity contribution is 6.23. The van der Waals surface area contributed by atoms with Gasteiger partial charge in [-0.05, 0) is 43.3 Å². The highest BCUT2D eigenvalue weighted by Crippen LogP contribution is 2.23. The minimum atomic E-state index is -5.08. The van der Waals surface area contributed by atoms with E-state index in [1.165, 1.54) is 0 Å². The lowest BCUT2D eigenvalue weighted by Crippen LogP contribution is -2.77. The first-order valence-electron chi connectivity index (χ1n) is 16.1. The number of piperazine rings is 1. The third kappa shape index (κ3) is 14.4. The number of amides is 5. The van der Waals surface area contributed by atoms with E-state index in [9.17, 15) is 58.7 Å². The molecule has 2 aliphatic heterocycles. The molecule has 0 radical (unpaired) electrons. The lowest BCUT2D eigenvalue weighted by atomic mass is 9.91. The van der Waals surface area contributed by atoms with Gasteiger partial charge in [0.15, 0.2) is 5.54 Å². The van der Waals surface area contributed by atoms with Crippen molar-refractivity contribution in [3.63, 3.8) is 0 Å². The summed E-state index contributed by atoms with van der Waals surface area (Å²) in [6.07, 6.45) is -15.3. The number of urea groups is 1. The van der Waals surface area contributed by atoms with Crippen molar-refractivity contribution < 1.29 is 93.1 Å². The molecule has 0 spiro atoms. The largest absolute Gasteiger partial charge is 0.490 e. The number of ether oxygens (including phenoxy) is 1. The fourth-order valence-electron chi connectivity index (χ4n) is 4.84. The molecule has 5 rings (SSSR count). The molecule has 0 saturated carbocycles. The van der Waals surface area contributed by atoms with Gasteiger partial charge in [-0.15, -0.1) is 0 Å². The molecule has 0 atom stereocenters. The van der Waals surface area contributed by atoms with Crippen molar-refractivity contribution in [1.82, 2.24) is 31.2 Å². The first-order valence-corrected chi connectivity index (χ1v) is 16.1. The van der Waals surface area contributed by atoms with Crippen molar-refractivity contribution in [3.8, 4) is 5.75 Å². The molecular formula is C33H31F9N6O11. The van der Waals surface area contributed by atoms with Crippen LogP contribution in [0.1, 0.15) is 21.6 Å². The number of aliphatic carboxylic acids is 3. The molecule has 322 valence electrons. The van der Waals surface area contributed by atoms with Crippen LogP contribution in [0.3, 0.4) is 0 Å². The summed E-state index contributed by atoms with van der Waals surface area (Å²) >= 11 is 0. The molecule has 26 heteroatoms. The summed E-state index contributed by atoms with van der Waals surface area (Å²) in [7, 11) is 0. The second-order valence-electron chi connectivity index (χ2n) is 11.7. The van der Waals surface area contributed by atoms with Crippen LogP contribution in [0, 0.1) is 6.92 Å². The molecule has 7 N–H and O–H groups in total. The number of para-hydroxylation sites is 1. The second-order valence-corrected chi connectivity index (χ2v) is 11.7. The van der Waals surface area contributed by atoms with Crippen LogP contribution in [-0.4, -0.2) is 124 Å². The van der Waals surface area contributed by atoms with E-state index >= 15 is 0 Å². The molecule has 0 bridgehead atoms. The Morgan fingerprint density at radius 3 is 1.69 bits per heavy atom. The number of nitrogens with one attached hydrogen (secondary N) is 4. The molecule has 0 unspecified atom stereocenters. The number of carboxylic acids is 3. The zero-order valence-electron chi connectivity index (χ0n) is 29.8. The van der Waals surface area contributed by atoms with E-state index in [1.54, 1.807) is 29.2 Å². The number of hydrogen-bond acceptors (Lipinski definition) is 11. The molecule has 3 aromatic rings. The predicted molar refractivity (Wildman–Crippen MR) is 180 cm³/mol. The summed E-state index contributed by atoms with van der Waals surface area (Å²) < 4.78 is 101. The highest BCUT2D eigenvalue weighted by atomic mass is 19.4. The number of aryl methyl sites for hydroxylation is 1. The minimum absolute atomic E-state index is 0.288. The number of rotatable bonds is 7. The zero-order chi connectivity index (χ0) is 44.9. The van der Waals surface area contributed by atoms with Crippen LogP contribution in [0.4, 0.5) is 44.3 Å². The van der Waals surface area contributed by atoms with Crippen molar-refractivity contribution in [1.29, 1.82) is 0 Å². The van der Waals surface area contributed by atoms with Gasteiger partial charge >= 0.3 is 42.5 Å². The maximum absolute atomic E-state index is 12.9. The van der Waals surface area contributed by atoms with Crippen molar-refractivity contribution in [2.24, 2.45) is 0 Å². The number of carbonyl (C=O) groups is 7. The van der Waals surface area contributed by atoms with Gasteiger partial charge in [-0.25, -0.2) is 19.2 Å². The van der Waals surface area contributed by atoms with E-state index in [1.807, 2.05) is 37.3 Å². The average Bonchev–Trinajstić information content (AvgIpc) is 3.13. The van der Waals surface area contributed by atoms with Gasteiger partial charge in [-0.3, -0.25) is 34.9 Å². The SMILES string of the molecule is Cc1cc(COc2ccc(C(=O)NCC3(N4CCNCC4)C(=O)NC(=O)NC3=O)cc2)c2ccccc2n1.O=C(O)C(F)(F)F.O=C(O)C(F)(F)F.O=C(O)C(F)(F)F. The maximum atomic E-state index is 12.9. The molecule has 17 nitrogen and oxygen atoms in total. The summed E-state index contributed by atoms with van der Waals surface area (Å²) in [4.78, 5) is 83.3. The number of carbonyl (C=O) groups excluding carboxylic acids is 4. The number of benzene rings is 2. The molecule has 2 aliphatic rings. The third-order valence-corrected chi connectivity index (χ3v) is 7.54. The molecule has 3 heterocycles. The number of pyridine rings is 1. The number of carboxylic acid groups (broad SMARTS) is 3. The van der Waals surface area contributed by atoms with Crippen LogP contribution in [0.2, 0.25) is 0 Å². The first-order chi connectivity index (χ1) is 27.2. The predicted octanol–water partition coefficient (Wildman–Crippen LogP) is 2.76. The first kappa shape index (κ1) is 48.6. The molecule has 59 heavy (non-hydrogen) atoms. The lowest BCUT2D eigenvalue weighted by Gasteiger charge is -2.44.